The Morgan fingerprint density at radius 3 is 2.27 bits per heavy atom. The predicted octanol–water partition coefficient (Wildman–Crippen LogP) is 6.66. The number of hydrogen-bond donors (Lipinski definition) is 1. The molecular formula is C41H45N3O8. The average molecular weight is 708 g/mol. The molecule has 2 amide bonds. The summed E-state index contributed by atoms with van der Waals surface area (Å²) in [6.07, 6.45) is 0.209. The lowest BCUT2D eigenvalue weighted by Gasteiger charge is -2.32. The number of carbonyl (C=O) groups excluding carboxylic acids is 4. The van der Waals surface area contributed by atoms with Gasteiger partial charge in [-0.1, -0.05) is 79.7 Å². The van der Waals surface area contributed by atoms with Crippen LogP contribution in [0, 0.1) is 5.92 Å². The lowest BCUT2D eigenvalue weighted by Crippen LogP contribution is -2.53. The van der Waals surface area contributed by atoms with E-state index >= 15 is 0 Å². The molecule has 1 N–H and O–H groups in total. The molecule has 3 atom stereocenters. The van der Waals surface area contributed by atoms with Crippen LogP contribution >= 0.6 is 0 Å². The zero-order valence-corrected chi connectivity index (χ0v) is 30.1. The Bertz CT molecular complexity index is 1900. The van der Waals surface area contributed by atoms with Gasteiger partial charge in [-0.2, -0.15) is 0 Å². The second-order valence-electron chi connectivity index (χ2n) is 13.9. The fourth-order valence-corrected chi connectivity index (χ4v) is 5.77. The molecule has 1 aliphatic rings. The lowest BCUT2D eigenvalue weighted by atomic mass is 9.95. The van der Waals surface area contributed by atoms with E-state index < -0.39 is 55.2 Å². The van der Waals surface area contributed by atoms with E-state index in [4.69, 9.17) is 19.0 Å². The van der Waals surface area contributed by atoms with Crippen LogP contribution < -0.4 is 14.8 Å². The molecule has 272 valence electrons. The highest BCUT2D eigenvalue weighted by atomic mass is 16.6. The number of carbonyl (C=O) groups is 4. The Balaban J connectivity index is 1.37. The molecule has 0 radical (unpaired) electrons. The third-order valence-corrected chi connectivity index (χ3v) is 8.35. The number of Topliss-reactive ketones (excluding diaryl/α,β-unsaturated/α-hetero) is 1. The van der Waals surface area contributed by atoms with Crippen LogP contribution in [-0.4, -0.2) is 65.8 Å². The average Bonchev–Trinajstić information content (AvgIpc) is 3.67. The van der Waals surface area contributed by atoms with Gasteiger partial charge in [-0.25, -0.2) is 0 Å². The van der Waals surface area contributed by atoms with Gasteiger partial charge < -0.3 is 24.4 Å². The normalized spacial score (nSPS) is 15.0. The van der Waals surface area contributed by atoms with Gasteiger partial charge in [0, 0.05) is 18.2 Å². The van der Waals surface area contributed by atoms with E-state index in [-0.39, 0.29) is 24.3 Å². The minimum Gasteiger partial charge on any atom is -0.486 e. The van der Waals surface area contributed by atoms with E-state index in [1.54, 1.807) is 69.3 Å². The topological polar surface area (TPSA) is 133 Å². The number of rotatable bonds is 15. The molecule has 1 aliphatic heterocycles. The first-order valence-corrected chi connectivity index (χ1v) is 17.3. The van der Waals surface area contributed by atoms with Gasteiger partial charge in [0.1, 0.15) is 29.7 Å². The van der Waals surface area contributed by atoms with Crippen LogP contribution in [0.5, 0.6) is 11.5 Å². The molecular weight excluding hydrogens is 662 g/mol. The summed E-state index contributed by atoms with van der Waals surface area (Å²) in [6, 6.07) is 27.7. The van der Waals surface area contributed by atoms with Gasteiger partial charge in [0.2, 0.25) is 6.10 Å². The number of fused-ring (bicyclic) bond motifs is 1. The summed E-state index contributed by atoms with van der Waals surface area (Å²) in [4.78, 5) is 60.7. The van der Waals surface area contributed by atoms with E-state index in [0.717, 1.165) is 16.3 Å². The summed E-state index contributed by atoms with van der Waals surface area (Å²) < 4.78 is 17.5. The van der Waals surface area contributed by atoms with E-state index in [1.807, 2.05) is 62.4 Å². The molecule has 52 heavy (non-hydrogen) atoms. The largest absolute Gasteiger partial charge is 0.486 e. The van der Waals surface area contributed by atoms with Crippen molar-refractivity contribution in [3.8, 4) is 11.5 Å². The van der Waals surface area contributed by atoms with Gasteiger partial charge in [-0.3, -0.25) is 24.1 Å². The number of esters is 1. The number of ketones is 1. The van der Waals surface area contributed by atoms with Gasteiger partial charge in [-0.15, -0.1) is 0 Å². The fraction of sp³-hybridized carbons (Fsp3) is 0.341. The van der Waals surface area contributed by atoms with Crippen molar-refractivity contribution < 1.29 is 38.2 Å². The highest BCUT2D eigenvalue weighted by molar-refractivity contribution is 5.99. The molecule has 0 saturated heterocycles. The Morgan fingerprint density at radius 2 is 1.58 bits per heavy atom. The third-order valence-electron chi connectivity index (χ3n) is 8.35. The highest BCUT2D eigenvalue weighted by Gasteiger charge is 2.38. The van der Waals surface area contributed by atoms with Crippen molar-refractivity contribution in [2.24, 2.45) is 11.1 Å². The number of ether oxygens (including phenoxy) is 3. The number of nitrogens with zero attached hydrogens (tertiary/aromatic N) is 2. The zero-order valence-electron chi connectivity index (χ0n) is 30.1. The highest BCUT2D eigenvalue weighted by Crippen LogP contribution is 2.27. The maximum absolute atomic E-state index is 13.9. The first-order chi connectivity index (χ1) is 24.9. The summed E-state index contributed by atoms with van der Waals surface area (Å²) in [5.74, 6) is -1.15. The van der Waals surface area contributed by atoms with Crippen LogP contribution in [0.15, 0.2) is 102 Å². The molecule has 11 nitrogen and oxygen atoms in total. The summed E-state index contributed by atoms with van der Waals surface area (Å²) in [5.41, 5.74) is 0.501. The monoisotopic (exact) mass is 707 g/mol. The Kier molecular flexibility index (Phi) is 12.3. The third kappa shape index (κ3) is 10.2. The molecule has 0 aliphatic carbocycles. The van der Waals surface area contributed by atoms with Gasteiger partial charge in [0.25, 0.3) is 11.8 Å². The molecule has 0 spiro atoms. The predicted molar refractivity (Wildman–Crippen MR) is 197 cm³/mol. The smallest absolute Gasteiger partial charge is 0.308 e. The van der Waals surface area contributed by atoms with Crippen molar-refractivity contribution in [2.45, 2.75) is 71.2 Å². The van der Waals surface area contributed by atoms with Crippen LogP contribution in [0.4, 0.5) is 0 Å². The second kappa shape index (κ2) is 17.0. The van der Waals surface area contributed by atoms with Crippen LogP contribution in [0.3, 0.4) is 0 Å². The lowest BCUT2D eigenvalue weighted by molar-refractivity contribution is -0.162. The summed E-state index contributed by atoms with van der Waals surface area (Å²) in [5, 5.41) is 8.91. The number of oxime groups is 1. The SMILES string of the molecule is CC(C)[C@H](NC(=O)c1ccc2ccccc2c1)c1cccc(OCN(C(=O)C2CC=NO2)[C@@H](CC(=O)OC(C)(C)C)C(=O)COc2ccccc2)c1. The maximum atomic E-state index is 13.9. The van der Waals surface area contributed by atoms with E-state index in [2.05, 4.69) is 10.5 Å². The first-order valence-electron chi connectivity index (χ1n) is 17.3. The standard InChI is InChI=1S/C41H45N3O8/c1-27(2)38(43-39(47)31-19-18-28-12-9-10-13-29(28)22-31)30-14-11-17-33(23-30)50-26-44(40(48)36-20-21-42-52-36)34(24-37(46)51-41(3,4)5)35(45)25-49-32-15-7-6-8-16-32/h6-19,21-23,27,34,36,38H,20,24-26H2,1-5H3,(H,43,47)/t34-,36?,38-/m0/s1. The summed E-state index contributed by atoms with van der Waals surface area (Å²) in [6.45, 7) is 8.36. The van der Waals surface area contributed by atoms with Crippen LogP contribution in [-0.2, 0) is 24.0 Å². The van der Waals surface area contributed by atoms with Crippen molar-refractivity contribution in [3.63, 3.8) is 0 Å². The first kappa shape index (κ1) is 37.5. The number of para-hydroxylation sites is 1. The quantitative estimate of drug-likeness (QED) is 0.107. The Labute approximate surface area is 303 Å². The van der Waals surface area contributed by atoms with Gasteiger partial charge >= 0.3 is 5.97 Å². The molecule has 1 unspecified atom stereocenters. The fourth-order valence-electron chi connectivity index (χ4n) is 5.77. The Morgan fingerprint density at radius 1 is 0.865 bits per heavy atom. The zero-order chi connectivity index (χ0) is 37.3. The molecule has 4 aromatic carbocycles. The summed E-state index contributed by atoms with van der Waals surface area (Å²) >= 11 is 0. The maximum Gasteiger partial charge on any atom is 0.308 e. The molecule has 0 aromatic heterocycles. The molecule has 0 bridgehead atoms. The Hall–Kier alpha value is -5.71. The van der Waals surface area contributed by atoms with Crippen molar-refractivity contribution in [1.82, 2.24) is 10.2 Å². The molecule has 11 heteroatoms. The second-order valence-corrected chi connectivity index (χ2v) is 13.9. The van der Waals surface area contributed by atoms with Crippen molar-refractivity contribution in [3.05, 3.63) is 108 Å². The van der Waals surface area contributed by atoms with Gasteiger partial charge in [0.05, 0.1) is 12.5 Å². The van der Waals surface area contributed by atoms with E-state index in [9.17, 15) is 19.2 Å². The van der Waals surface area contributed by atoms with Crippen molar-refractivity contribution in [1.29, 1.82) is 0 Å². The van der Waals surface area contributed by atoms with Crippen LogP contribution in [0.1, 0.15) is 69.4 Å². The van der Waals surface area contributed by atoms with Crippen molar-refractivity contribution >= 4 is 40.6 Å². The summed E-state index contributed by atoms with van der Waals surface area (Å²) in [7, 11) is 0. The van der Waals surface area contributed by atoms with Gasteiger partial charge in [0.15, 0.2) is 12.5 Å². The van der Waals surface area contributed by atoms with Crippen LogP contribution in [0.25, 0.3) is 10.8 Å². The number of nitrogens with one attached hydrogen (secondary N) is 1. The minimum absolute atomic E-state index is 0.0118. The van der Waals surface area contributed by atoms with E-state index in [1.165, 1.54) is 11.1 Å². The number of benzene rings is 4. The molecule has 0 saturated carbocycles. The van der Waals surface area contributed by atoms with E-state index in [0.29, 0.717) is 17.1 Å². The molecule has 4 aromatic rings. The molecule has 1 heterocycles. The minimum atomic E-state index is -1.30. The number of hydrogen-bond acceptors (Lipinski definition) is 9. The number of amides is 2. The molecule has 0 fully saturated rings. The van der Waals surface area contributed by atoms with Gasteiger partial charge in [-0.05, 0) is 79.4 Å². The molecule has 5 rings (SSSR count). The van der Waals surface area contributed by atoms with Crippen LogP contribution in [0.2, 0.25) is 0 Å². The van der Waals surface area contributed by atoms with Crippen molar-refractivity contribution in [2.75, 3.05) is 13.3 Å².